The number of ether oxygens (including phenoxy) is 1. The molecule has 0 aromatic carbocycles. The number of hydrogen-bond donors (Lipinski definition) is 2. The number of carbonyl (C=O) groups excluding carboxylic acids is 1. The van der Waals surface area contributed by atoms with Crippen LogP contribution in [0.15, 0.2) is 18.7 Å². The van der Waals surface area contributed by atoms with Crippen molar-refractivity contribution < 1.29 is 9.53 Å². The van der Waals surface area contributed by atoms with Crippen LogP contribution in [-0.2, 0) is 9.53 Å². The lowest BCUT2D eigenvalue weighted by Crippen LogP contribution is -2.31. The zero-order chi connectivity index (χ0) is 15.9. The second-order valence-corrected chi connectivity index (χ2v) is 4.76. The predicted molar refractivity (Wildman–Crippen MR) is 82.0 cm³/mol. The van der Waals surface area contributed by atoms with Gasteiger partial charge in [-0.3, -0.25) is 9.36 Å². The molecule has 0 fully saturated rings. The van der Waals surface area contributed by atoms with Gasteiger partial charge in [0.1, 0.15) is 30.9 Å². The first-order chi connectivity index (χ1) is 10.6. The predicted octanol–water partition coefficient (Wildman–Crippen LogP) is 0.454. The molecule has 0 aliphatic carbocycles. The summed E-state index contributed by atoms with van der Waals surface area (Å²) in [5.41, 5.74) is 2.01. The molecule has 2 aromatic heterocycles. The first-order valence-electron chi connectivity index (χ1n) is 6.94. The van der Waals surface area contributed by atoms with E-state index in [-0.39, 0.29) is 12.5 Å². The minimum Gasteiger partial charge on any atom is -0.375 e. The van der Waals surface area contributed by atoms with Gasteiger partial charge in [-0.1, -0.05) is 0 Å². The van der Waals surface area contributed by atoms with Gasteiger partial charge < -0.3 is 15.4 Å². The van der Waals surface area contributed by atoms with Gasteiger partial charge in [0, 0.05) is 32.0 Å². The van der Waals surface area contributed by atoms with E-state index in [0.29, 0.717) is 18.9 Å². The first-order valence-corrected chi connectivity index (χ1v) is 6.94. The fourth-order valence-corrected chi connectivity index (χ4v) is 1.88. The summed E-state index contributed by atoms with van der Waals surface area (Å²) in [6, 6.07) is 1.84. The highest BCUT2D eigenvalue weighted by atomic mass is 16.5. The molecule has 0 unspecified atom stereocenters. The quantitative estimate of drug-likeness (QED) is 0.722. The number of rotatable bonds is 7. The van der Waals surface area contributed by atoms with Gasteiger partial charge in [-0.25, -0.2) is 15.0 Å². The van der Waals surface area contributed by atoms with E-state index in [9.17, 15) is 4.79 Å². The number of aromatic nitrogens is 4. The fourth-order valence-electron chi connectivity index (χ4n) is 1.88. The number of methoxy groups -OCH3 is 1. The highest BCUT2D eigenvalue weighted by Crippen LogP contribution is 2.13. The Labute approximate surface area is 128 Å². The van der Waals surface area contributed by atoms with Crippen LogP contribution in [0.4, 0.5) is 5.82 Å². The molecular weight excluding hydrogens is 284 g/mol. The Morgan fingerprint density at radius 2 is 2.09 bits per heavy atom. The molecule has 2 N–H and O–H groups in total. The van der Waals surface area contributed by atoms with E-state index in [4.69, 9.17) is 4.74 Å². The van der Waals surface area contributed by atoms with Gasteiger partial charge in [0.25, 0.3) is 0 Å². The summed E-state index contributed by atoms with van der Waals surface area (Å²) in [5.74, 6) is 1.30. The van der Waals surface area contributed by atoms with Crippen molar-refractivity contribution in [1.29, 1.82) is 0 Å². The molecule has 2 rings (SSSR count). The molecule has 8 heteroatoms. The van der Waals surface area contributed by atoms with Crippen molar-refractivity contribution in [3.8, 4) is 5.82 Å². The van der Waals surface area contributed by atoms with Gasteiger partial charge in [0.2, 0.25) is 5.91 Å². The van der Waals surface area contributed by atoms with Gasteiger partial charge >= 0.3 is 0 Å². The van der Waals surface area contributed by atoms with Crippen LogP contribution in [0, 0.1) is 13.8 Å². The molecule has 0 aliphatic heterocycles. The van der Waals surface area contributed by atoms with Crippen LogP contribution in [0.25, 0.3) is 5.82 Å². The topological polar surface area (TPSA) is 94.0 Å². The third-order valence-electron chi connectivity index (χ3n) is 3.18. The highest BCUT2D eigenvalue weighted by molar-refractivity contribution is 5.77. The van der Waals surface area contributed by atoms with E-state index >= 15 is 0 Å². The zero-order valence-corrected chi connectivity index (χ0v) is 13.0. The second kappa shape index (κ2) is 7.51. The Kier molecular flexibility index (Phi) is 5.42. The zero-order valence-electron chi connectivity index (χ0n) is 13.0. The Morgan fingerprint density at radius 1 is 1.27 bits per heavy atom. The highest BCUT2D eigenvalue weighted by Gasteiger charge is 2.06. The van der Waals surface area contributed by atoms with Gasteiger partial charge in [-0.15, -0.1) is 0 Å². The Balaban J connectivity index is 1.92. The van der Waals surface area contributed by atoms with Crippen molar-refractivity contribution in [1.82, 2.24) is 24.8 Å². The van der Waals surface area contributed by atoms with E-state index in [1.165, 1.54) is 13.4 Å². The van der Waals surface area contributed by atoms with Crippen LogP contribution in [0.5, 0.6) is 0 Å². The van der Waals surface area contributed by atoms with Crippen molar-refractivity contribution in [3.05, 3.63) is 30.1 Å². The fraction of sp³-hybridized carbons (Fsp3) is 0.429. The summed E-state index contributed by atoms with van der Waals surface area (Å²) in [6.07, 6.45) is 3.23. The molecule has 0 saturated heterocycles. The van der Waals surface area contributed by atoms with Crippen molar-refractivity contribution in [3.63, 3.8) is 0 Å². The molecule has 0 radical (unpaired) electrons. The van der Waals surface area contributed by atoms with Crippen molar-refractivity contribution in [2.45, 2.75) is 13.8 Å². The van der Waals surface area contributed by atoms with Crippen LogP contribution in [-0.4, -0.2) is 52.2 Å². The number of nitrogens with zero attached hydrogens (tertiary/aromatic N) is 4. The summed E-state index contributed by atoms with van der Waals surface area (Å²) in [7, 11) is 1.49. The minimum absolute atomic E-state index is 0.0664. The summed E-state index contributed by atoms with van der Waals surface area (Å²) in [6.45, 7) is 5.06. The minimum atomic E-state index is -0.141. The molecule has 0 aliphatic rings. The number of nitrogens with one attached hydrogen (secondary N) is 2. The number of aryl methyl sites for hydroxylation is 1. The molecule has 0 bridgehead atoms. The molecule has 22 heavy (non-hydrogen) atoms. The van der Waals surface area contributed by atoms with Crippen LogP contribution in [0.2, 0.25) is 0 Å². The van der Waals surface area contributed by atoms with E-state index < -0.39 is 0 Å². The van der Waals surface area contributed by atoms with Gasteiger partial charge in [-0.2, -0.15) is 0 Å². The van der Waals surface area contributed by atoms with E-state index in [1.807, 2.05) is 24.5 Å². The third-order valence-corrected chi connectivity index (χ3v) is 3.18. The smallest absolute Gasteiger partial charge is 0.246 e. The summed E-state index contributed by atoms with van der Waals surface area (Å²) in [4.78, 5) is 23.9. The number of imidazole rings is 1. The van der Waals surface area contributed by atoms with Crippen LogP contribution >= 0.6 is 0 Å². The maximum atomic E-state index is 11.2. The Hall–Kier alpha value is -2.48. The lowest BCUT2D eigenvalue weighted by molar-refractivity contribution is -0.124. The van der Waals surface area contributed by atoms with E-state index in [2.05, 4.69) is 25.6 Å². The molecule has 0 atom stereocenters. The molecule has 0 saturated carbocycles. The van der Waals surface area contributed by atoms with Crippen LogP contribution in [0.1, 0.15) is 11.4 Å². The molecule has 8 nitrogen and oxygen atoms in total. The number of anilines is 1. The van der Waals surface area contributed by atoms with E-state index in [0.717, 1.165) is 17.2 Å². The van der Waals surface area contributed by atoms with Crippen molar-refractivity contribution in [2.75, 3.05) is 32.1 Å². The molecule has 0 spiro atoms. The molecule has 1 amide bonds. The maximum Gasteiger partial charge on any atom is 0.246 e. The molecular formula is C14H20N6O2. The molecule has 2 heterocycles. The number of amides is 1. The monoisotopic (exact) mass is 304 g/mol. The largest absolute Gasteiger partial charge is 0.375 e. The average Bonchev–Trinajstić information content (AvgIpc) is 2.84. The Morgan fingerprint density at radius 3 is 2.77 bits per heavy atom. The first kappa shape index (κ1) is 15.9. The van der Waals surface area contributed by atoms with Gasteiger partial charge in [-0.05, 0) is 13.8 Å². The molecule has 118 valence electrons. The standard InChI is InChI=1S/C14H20N6O2/c1-10-11(2)20(9-19-10)13-6-12(17-8-18-13)15-4-5-16-14(21)7-22-3/h6,8-9H,4-5,7H2,1-3H3,(H,16,21)(H,15,17,18). The SMILES string of the molecule is COCC(=O)NCCNc1cc(-n2cnc(C)c2C)ncn1. The van der Waals surface area contributed by atoms with Crippen LogP contribution in [0.3, 0.4) is 0 Å². The second-order valence-electron chi connectivity index (χ2n) is 4.76. The van der Waals surface area contributed by atoms with E-state index in [1.54, 1.807) is 6.33 Å². The molecule has 2 aromatic rings. The normalized spacial score (nSPS) is 10.5. The summed E-state index contributed by atoms with van der Waals surface area (Å²) in [5, 5.41) is 5.87. The summed E-state index contributed by atoms with van der Waals surface area (Å²) < 4.78 is 6.64. The number of hydrogen-bond acceptors (Lipinski definition) is 6. The van der Waals surface area contributed by atoms with Crippen molar-refractivity contribution >= 4 is 11.7 Å². The lowest BCUT2D eigenvalue weighted by atomic mass is 10.4. The third kappa shape index (κ3) is 4.01. The van der Waals surface area contributed by atoms with Gasteiger partial charge in [0.15, 0.2) is 0 Å². The van der Waals surface area contributed by atoms with Gasteiger partial charge in [0.05, 0.1) is 5.69 Å². The Bertz CT molecular complexity index is 640. The average molecular weight is 304 g/mol. The van der Waals surface area contributed by atoms with Crippen LogP contribution < -0.4 is 10.6 Å². The number of carbonyl (C=O) groups is 1. The summed E-state index contributed by atoms with van der Waals surface area (Å²) >= 11 is 0. The van der Waals surface area contributed by atoms with Crippen molar-refractivity contribution in [2.24, 2.45) is 0 Å². The maximum absolute atomic E-state index is 11.2. The lowest BCUT2D eigenvalue weighted by Gasteiger charge is -2.09.